The molecule has 1 fully saturated rings. The first-order valence-electron chi connectivity index (χ1n) is 7.29. The quantitative estimate of drug-likeness (QED) is 0.845. The van der Waals surface area contributed by atoms with E-state index in [0.717, 1.165) is 31.4 Å². The largest absolute Gasteiger partial charge is 0.342 e. The van der Waals surface area contributed by atoms with Gasteiger partial charge in [0.05, 0.1) is 15.2 Å². The van der Waals surface area contributed by atoms with E-state index in [4.69, 9.17) is 4.98 Å². The van der Waals surface area contributed by atoms with Crippen LogP contribution in [0, 0.1) is 5.92 Å². The van der Waals surface area contributed by atoms with E-state index in [1.807, 2.05) is 24.8 Å². The fraction of sp³-hybridized carbons (Fsp3) is 0.500. The normalized spacial score (nSPS) is 17.1. The number of hydrogen-bond acceptors (Lipinski definition) is 3. The summed E-state index contributed by atoms with van der Waals surface area (Å²) in [6, 6.07) is 8.31. The summed E-state index contributed by atoms with van der Waals surface area (Å²) in [7, 11) is 0. The summed E-state index contributed by atoms with van der Waals surface area (Å²) in [5, 5.41) is 1.24. The molecule has 3 rings (SSSR count). The van der Waals surface area contributed by atoms with Gasteiger partial charge in [0, 0.05) is 24.9 Å². The monoisotopic (exact) mass is 288 g/mol. The summed E-state index contributed by atoms with van der Waals surface area (Å²) < 4.78 is 1.27. The van der Waals surface area contributed by atoms with E-state index in [-0.39, 0.29) is 11.8 Å². The first-order valence-corrected chi connectivity index (χ1v) is 8.11. The highest BCUT2D eigenvalue weighted by molar-refractivity contribution is 7.18. The van der Waals surface area contributed by atoms with Crippen LogP contribution in [0.2, 0.25) is 0 Å². The number of carbonyl (C=O) groups excluding carboxylic acids is 1. The second kappa shape index (κ2) is 5.52. The van der Waals surface area contributed by atoms with Crippen LogP contribution in [0.3, 0.4) is 0 Å². The lowest BCUT2D eigenvalue weighted by Crippen LogP contribution is -2.40. The van der Waals surface area contributed by atoms with Crippen molar-refractivity contribution in [2.75, 3.05) is 13.1 Å². The number of piperidine rings is 1. The fourth-order valence-electron chi connectivity index (χ4n) is 2.78. The second-order valence-corrected chi connectivity index (χ2v) is 6.84. The van der Waals surface area contributed by atoms with Gasteiger partial charge in [-0.1, -0.05) is 26.0 Å². The molecule has 0 bridgehead atoms. The molecule has 0 spiro atoms. The molecule has 1 saturated heterocycles. The van der Waals surface area contributed by atoms with Gasteiger partial charge in [-0.25, -0.2) is 4.98 Å². The number of fused-ring (bicyclic) bond motifs is 1. The number of rotatable bonds is 2. The maximum absolute atomic E-state index is 12.0. The van der Waals surface area contributed by atoms with E-state index in [0.29, 0.717) is 5.92 Å². The molecule has 106 valence electrons. The average molecular weight is 288 g/mol. The number of benzene rings is 1. The minimum Gasteiger partial charge on any atom is -0.342 e. The number of thiazole rings is 1. The Hall–Kier alpha value is -1.42. The Balaban J connectivity index is 1.70. The Labute approximate surface area is 123 Å². The molecule has 0 aliphatic carbocycles. The van der Waals surface area contributed by atoms with Gasteiger partial charge in [0.1, 0.15) is 0 Å². The second-order valence-electron chi connectivity index (χ2n) is 5.77. The predicted octanol–water partition coefficient (Wildman–Crippen LogP) is 3.66. The van der Waals surface area contributed by atoms with Gasteiger partial charge >= 0.3 is 0 Å². The Kier molecular flexibility index (Phi) is 3.74. The van der Waals surface area contributed by atoms with Crippen LogP contribution in [0.15, 0.2) is 24.3 Å². The molecule has 1 aromatic carbocycles. The third-order valence-electron chi connectivity index (χ3n) is 3.96. The molecule has 1 aliphatic rings. The van der Waals surface area contributed by atoms with E-state index in [9.17, 15) is 4.79 Å². The van der Waals surface area contributed by atoms with E-state index in [1.165, 1.54) is 9.71 Å². The number of amides is 1. The molecule has 3 nitrogen and oxygen atoms in total. The van der Waals surface area contributed by atoms with Crippen molar-refractivity contribution in [2.45, 2.75) is 32.6 Å². The van der Waals surface area contributed by atoms with Crippen molar-refractivity contribution >= 4 is 27.5 Å². The van der Waals surface area contributed by atoms with Crippen molar-refractivity contribution in [3.8, 4) is 0 Å². The number of para-hydroxylation sites is 1. The van der Waals surface area contributed by atoms with Crippen LogP contribution in [-0.4, -0.2) is 28.9 Å². The Morgan fingerprint density at radius 1 is 1.30 bits per heavy atom. The van der Waals surface area contributed by atoms with Crippen LogP contribution in [0.5, 0.6) is 0 Å². The van der Waals surface area contributed by atoms with Crippen molar-refractivity contribution < 1.29 is 4.79 Å². The molecular formula is C16H20N2OS. The lowest BCUT2D eigenvalue weighted by atomic mass is 9.96. The highest BCUT2D eigenvalue weighted by atomic mass is 32.1. The summed E-state index contributed by atoms with van der Waals surface area (Å²) in [6.07, 6.45) is 2.08. The molecule has 2 aromatic rings. The van der Waals surface area contributed by atoms with Gasteiger partial charge in [0.15, 0.2) is 0 Å². The van der Waals surface area contributed by atoms with E-state index < -0.39 is 0 Å². The van der Waals surface area contributed by atoms with Crippen LogP contribution in [0.1, 0.15) is 37.6 Å². The average Bonchev–Trinajstić information content (AvgIpc) is 2.90. The molecule has 0 saturated carbocycles. The maximum Gasteiger partial charge on any atom is 0.225 e. The predicted molar refractivity (Wildman–Crippen MR) is 83.0 cm³/mol. The summed E-state index contributed by atoms with van der Waals surface area (Å²) in [4.78, 5) is 18.8. The fourth-order valence-corrected chi connectivity index (χ4v) is 3.91. The van der Waals surface area contributed by atoms with Crippen LogP contribution < -0.4 is 0 Å². The molecule has 1 amide bonds. The van der Waals surface area contributed by atoms with Gasteiger partial charge in [-0.2, -0.15) is 0 Å². The van der Waals surface area contributed by atoms with Crippen LogP contribution in [0.4, 0.5) is 0 Å². The molecule has 0 atom stereocenters. The zero-order valence-electron chi connectivity index (χ0n) is 12.0. The lowest BCUT2D eigenvalue weighted by molar-refractivity contribution is -0.135. The topological polar surface area (TPSA) is 33.2 Å². The summed E-state index contributed by atoms with van der Waals surface area (Å²) in [5.41, 5.74) is 1.10. The molecule has 4 heteroatoms. The van der Waals surface area contributed by atoms with Crippen LogP contribution in [0.25, 0.3) is 10.2 Å². The van der Waals surface area contributed by atoms with E-state index in [2.05, 4.69) is 18.2 Å². The lowest BCUT2D eigenvalue weighted by Gasteiger charge is -2.32. The molecule has 0 unspecified atom stereocenters. The third kappa shape index (κ3) is 2.57. The molecule has 2 heterocycles. The first-order chi connectivity index (χ1) is 9.65. The summed E-state index contributed by atoms with van der Waals surface area (Å²) in [5.74, 6) is 0.908. The Morgan fingerprint density at radius 3 is 2.65 bits per heavy atom. The minimum atomic E-state index is 0.106. The summed E-state index contributed by atoms with van der Waals surface area (Å²) in [6.45, 7) is 5.69. The number of aromatic nitrogens is 1. The number of hydrogen-bond donors (Lipinski definition) is 0. The van der Waals surface area contributed by atoms with Crippen molar-refractivity contribution in [3.05, 3.63) is 29.3 Å². The molecule has 1 aromatic heterocycles. The van der Waals surface area contributed by atoms with Crippen LogP contribution in [-0.2, 0) is 4.79 Å². The summed E-state index contributed by atoms with van der Waals surface area (Å²) >= 11 is 1.81. The molecular weight excluding hydrogens is 268 g/mol. The number of carbonyl (C=O) groups is 1. The van der Waals surface area contributed by atoms with Gasteiger partial charge in [0.2, 0.25) is 5.91 Å². The molecule has 1 aliphatic heterocycles. The van der Waals surface area contributed by atoms with Gasteiger partial charge in [-0.3, -0.25) is 4.79 Å². The smallest absolute Gasteiger partial charge is 0.225 e. The van der Waals surface area contributed by atoms with E-state index in [1.54, 1.807) is 11.3 Å². The van der Waals surface area contributed by atoms with Crippen molar-refractivity contribution in [1.82, 2.24) is 9.88 Å². The maximum atomic E-state index is 12.0. The Bertz CT molecular complexity index is 579. The molecule has 0 radical (unpaired) electrons. The van der Waals surface area contributed by atoms with Gasteiger partial charge in [0.25, 0.3) is 0 Å². The van der Waals surface area contributed by atoms with Crippen molar-refractivity contribution in [2.24, 2.45) is 5.92 Å². The van der Waals surface area contributed by atoms with Crippen molar-refractivity contribution in [3.63, 3.8) is 0 Å². The standard InChI is InChI=1S/C16H20N2OS/c1-11(2)16(19)18-9-7-12(8-10-18)15-17-13-5-3-4-6-14(13)20-15/h3-6,11-12H,7-10H2,1-2H3. The zero-order chi connectivity index (χ0) is 14.1. The number of nitrogens with zero attached hydrogens (tertiary/aromatic N) is 2. The molecule has 0 N–H and O–H groups in total. The third-order valence-corrected chi connectivity index (χ3v) is 5.16. The van der Waals surface area contributed by atoms with E-state index >= 15 is 0 Å². The Morgan fingerprint density at radius 2 is 2.00 bits per heavy atom. The zero-order valence-corrected chi connectivity index (χ0v) is 12.8. The van der Waals surface area contributed by atoms with Gasteiger partial charge in [-0.05, 0) is 25.0 Å². The molecule has 20 heavy (non-hydrogen) atoms. The van der Waals surface area contributed by atoms with Crippen molar-refractivity contribution in [1.29, 1.82) is 0 Å². The first kappa shape index (κ1) is 13.6. The van der Waals surface area contributed by atoms with Crippen LogP contribution >= 0.6 is 11.3 Å². The minimum absolute atomic E-state index is 0.106. The highest BCUT2D eigenvalue weighted by Crippen LogP contribution is 2.33. The SMILES string of the molecule is CC(C)C(=O)N1CCC(c2nc3ccccc3s2)CC1. The number of likely N-dealkylation sites (tertiary alicyclic amines) is 1. The highest BCUT2D eigenvalue weighted by Gasteiger charge is 2.26. The van der Waals surface area contributed by atoms with Gasteiger partial charge < -0.3 is 4.90 Å². The van der Waals surface area contributed by atoms with Gasteiger partial charge in [-0.15, -0.1) is 11.3 Å².